The second-order valence-corrected chi connectivity index (χ2v) is 5.80. The highest BCUT2D eigenvalue weighted by Gasteiger charge is 2.28. The van der Waals surface area contributed by atoms with Gasteiger partial charge in [-0.1, -0.05) is 0 Å². The molecule has 0 saturated carbocycles. The van der Waals surface area contributed by atoms with Crippen LogP contribution in [0.1, 0.15) is 20.3 Å². The summed E-state index contributed by atoms with van der Waals surface area (Å²) in [7, 11) is 0. The van der Waals surface area contributed by atoms with Crippen LogP contribution in [-0.2, 0) is 9.59 Å². The second kappa shape index (κ2) is 7.02. The molecule has 114 valence electrons. The quantitative estimate of drug-likeness (QED) is 0.443. The minimum Gasteiger partial charge on any atom is -0.480 e. The summed E-state index contributed by atoms with van der Waals surface area (Å²) in [5, 5.41) is 22.3. The van der Waals surface area contributed by atoms with Crippen LogP contribution in [0.5, 0.6) is 0 Å². The van der Waals surface area contributed by atoms with Crippen molar-refractivity contribution in [3.8, 4) is 0 Å². The fourth-order valence-corrected chi connectivity index (χ4v) is 2.07. The Morgan fingerprint density at radius 1 is 1.48 bits per heavy atom. The Balaban J connectivity index is 2.41. The average molecular weight is 313 g/mol. The zero-order chi connectivity index (χ0) is 16.0. The number of carbonyl (C=O) groups excluding carboxylic acids is 1. The molecule has 0 aliphatic heterocycles. The summed E-state index contributed by atoms with van der Waals surface area (Å²) in [5.74, 6) is -1.09. The summed E-state index contributed by atoms with van der Waals surface area (Å²) >= 11 is 1.26. The Hall–Kier alpha value is -2.16. The van der Waals surface area contributed by atoms with Crippen LogP contribution in [0.25, 0.3) is 0 Å². The average Bonchev–Trinajstić information content (AvgIpc) is 2.38. The summed E-state index contributed by atoms with van der Waals surface area (Å²) in [5.41, 5.74) is -1.41. The first-order valence-corrected chi connectivity index (χ1v) is 6.98. The molecule has 1 amide bonds. The number of carbonyl (C=O) groups is 2. The van der Waals surface area contributed by atoms with E-state index in [2.05, 4.69) is 10.3 Å². The van der Waals surface area contributed by atoms with E-state index >= 15 is 0 Å². The van der Waals surface area contributed by atoms with Crippen molar-refractivity contribution in [2.75, 3.05) is 5.75 Å². The Labute approximate surface area is 125 Å². The number of aromatic nitrogens is 1. The molecule has 1 aromatic rings. The van der Waals surface area contributed by atoms with Crippen molar-refractivity contribution >= 4 is 29.3 Å². The van der Waals surface area contributed by atoms with Crippen molar-refractivity contribution in [3.63, 3.8) is 0 Å². The maximum atomic E-state index is 11.6. The lowest BCUT2D eigenvalue weighted by atomic mass is 10.1. The summed E-state index contributed by atoms with van der Waals surface area (Å²) in [6.45, 7) is 2.80. The van der Waals surface area contributed by atoms with E-state index in [-0.39, 0.29) is 18.0 Å². The van der Waals surface area contributed by atoms with Gasteiger partial charge in [0.2, 0.25) is 5.91 Å². The number of hydrogen-bond acceptors (Lipinski definition) is 6. The van der Waals surface area contributed by atoms with Crippen molar-refractivity contribution in [3.05, 3.63) is 28.4 Å². The van der Waals surface area contributed by atoms with E-state index in [9.17, 15) is 19.7 Å². The van der Waals surface area contributed by atoms with Gasteiger partial charge in [-0.25, -0.2) is 9.78 Å². The lowest BCUT2D eigenvalue weighted by molar-refractivity contribution is -0.385. The molecular formula is C12H15N3O5S. The molecule has 1 heterocycles. The summed E-state index contributed by atoms with van der Waals surface area (Å²) < 4.78 is 0. The first kappa shape index (κ1) is 16.9. The van der Waals surface area contributed by atoms with Gasteiger partial charge in [-0.2, -0.15) is 0 Å². The molecule has 1 rings (SSSR count). The largest absolute Gasteiger partial charge is 0.480 e. The minimum atomic E-state index is -1.31. The van der Waals surface area contributed by atoms with E-state index in [1.165, 1.54) is 37.7 Å². The highest BCUT2D eigenvalue weighted by atomic mass is 32.2. The van der Waals surface area contributed by atoms with Crippen LogP contribution >= 0.6 is 11.8 Å². The molecule has 21 heavy (non-hydrogen) atoms. The standard InChI is InChI=1S/C12H15N3O5S/c1-12(2,11(17)18)14-9(16)5-6-21-10-4-3-8(7-13-10)15(19)20/h3-4,7H,5-6H2,1-2H3,(H,14,16)(H,17,18). The van der Waals surface area contributed by atoms with E-state index in [4.69, 9.17) is 5.11 Å². The third-order valence-corrected chi connectivity index (χ3v) is 3.44. The van der Waals surface area contributed by atoms with Crippen molar-refractivity contribution in [1.82, 2.24) is 10.3 Å². The number of carboxylic acid groups (broad SMARTS) is 1. The highest BCUT2D eigenvalue weighted by molar-refractivity contribution is 7.99. The number of rotatable bonds is 7. The van der Waals surface area contributed by atoms with Crippen LogP contribution in [0, 0.1) is 10.1 Å². The molecule has 2 N–H and O–H groups in total. The van der Waals surface area contributed by atoms with Gasteiger partial charge < -0.3 is 10.4 Å². The molecule has 0 radical (unpaired) electrons. The van der Waals surface area contributed by atoms with Gasteiger partial charge in [0.05, 0.1) is 9.95 Å². The van der Waals surface area contributed by atoms with Gasteiger partial charge in [0, 0.05) is 18.2 Å². The fraction of sp³-hybridized carbons (Fsp3) is 0.417. The van der Waals surface area contributed by atoms with Gasteiger partial charge >= 0.3 is 5.97 Å². The number of nitrogens with zero attached hydrogens (tertiary/aromatic N) is 2. The van der Waals surface area contributed by atoms with E-state index in [0.29, 0.717) is 10.8 Å². The number of carboxylic acids is 1. The zero-order valence-corrected chi connectivity index (χ0v) is 12.3. The SMILES string of the molecule is CC(C)(NC(=O)CCSc1ccc([N+](=O)[O-])cn1)C(=O)O. The van der Waals surface area contributed by atoms with Gasteiger partial charge in [0.15, 0.2) is 0 Å². The molecule has 0 aliphatic rings. The van der Waals surface area contributed by atoms with Gasteiger partial charge in [0.1, 0.15) is 11.7 Å². The number of amides is 1. The number of nitro groups is 1. The maximum Gasteiger partial charge on any atom is 0.328 e. The monoisotopic (exact) mass is 313 g/mol. The predicted molar refractivity (Wildman–Crippen MR) is 76.1 cm³/mol. The first-order valence-electron chi connectivity index (χ1n) is 6.00. The van der Waals surface area contributed by atoms with Crippen LogP contribution < -0.4 is 5.32 Å². The summed E-state index contributed by atoms with van der Waals surface area (Å²) in [6.07, 6.45) is 1.27. The van der Waals surface area contributed by atoms with E-state index in [1.54, 1.807) is 0 Å². The maximum absolute atomic E-state index is 11.6. The zero-order valence-electron chi connectivity index (χ0n) is 11.5. The Morgan fingerprint density at radius 3 is 2.62 bits per heavy atom. The second-order valence-electron chi connectivity index (χ2n) is 4.69. The topological polar surface area (TPSA) is 122 Å². The fourth-order valence-electron chi connectivity index (χ4n) is 1.28. The van der Waals surface area contributed by atoms with Gasteiger partial charge in [-0.15, -0.1) is 11.8 Å². The minimum absolute atomic E-state index is 0.0969. The predicted octanol–water partition coefficient (Wildman–Crippen LogP) is 1.45. The molecule has 0 aromatic carbocycles. The molecule has 8 nitrogen and oxygen atoms in total. The molecule has 0 fully saturated rings. The molecule has 9 heteroatoms. The third kappa shape index (κ3) is 5.38. The Morgan fingerprint density at radius 2 is 2.14 bits per heavy atom. The molecule has 0 unspecified atom stereocenters. The number of nitrogens with one attached hydrogen (secondary N) is 1. The molecule has 0 saturated heterocycles. The normalized spacial score (nSPS) is 11.0. The van der Waals surface area contributed by atoms with Crippen LogP contribution in [0.15, 0.2) is 23.4 Å². The van der Waals surface area contributed by atoms with Gasteiger partial charge in [-0.3, -0.25) is 14.9 Å². The highest BCUT2D eigenvalue weighted by Crippen LogP contribution is 2.19. The Bertz CT molecular complexity index is 544. The summed E-state index contributed by atoms with van der Waals surface area (Å²) in [4.78, 5) is 36.3. The van der Waals surface area contributed by atoms with Crippen molar-refractivity contribution in [2.45, 2.75) is 30.8 Å². The number of aliphatic carboxylic acids is 1. The van der Waals surface area contributed by atoms with Crippen LogP contribution in [0.4, 0.5) is 5.69 Å². The lowest BCUT2D eigenvalue weighted by Crippen LogP contribution is -2.49. The summed E-state index contributed by atoms with van der Waals surface area (Å²) in [6, 6.07) is 2.84. The van der Waals surface area contributed by atoms with Gasteiger partial charge in [-0.05, 0) is 19.9 Å². The van der Waals surface area contributed by atoms with E-state index in [1.807, 2.05) is 0 Å². The number of pyridine rings is 1. The van der Waals surface area contributed by atoms with Crippen LogP contribution in [0.2, 0.25) is 0 Å². The third-order valence-electron chi connectivity index (χ3n) is 2.50. The van der Waals surface area contributed by atoms with Crippen LogP contribution in [-0.4, -0.2) is 38.2 Å². The molecule has 1 aromatic heterocycles. The van der Waals surface area contributed by atoms with Crippen molar-refractivity contribution < 1.29 is 19.6 Å². The Kier molecular flexibility index (Phi) is 5.65. The van der Waals surface area contributed by atoms with Crippen molar-refractivity contribution in [1.29, 1.82) is 0 Å². The van der Waals surface area contributed by atoms with Crippen molar-refractivity contribution in [2.24, 2.45) is 0 Å². The lowest BCUT2D eigenvalue weighted by Gasteiger charge is -2.20. The molecule has 0 atom stereocenters. The first-order chi connectivity index (χ1) is 9.72. The molecule has 0 bridgehead atoms. The van der Waals surface area contributed by atoms with E-state index in [0.717, 1.165) is 6.20 Å². The number of thioether (sulfide) groups is 1. The molecule has 0 spiro atoms. The van der Waals surface area contributed by atoms with Gasteiger partial charge in [0.25, 0.3) is 5.69 Å². The molecule has 0 aliphatic carbocycles. The van der Waals surface area contributed by atoms with E-state index < -0.39 is 16.4 Å². The molecular weight excluding hydrogens is 298 g/mol. The van der Waals surface area contributed by atoms with Crippen LogP contribution in [0.3, 0.4) is 0 Å². The number of hydrogen-bond donors (Lipinski definition) is 2. The smallest absolute Gasteiger partial charge is 0.328 e.